The first-order valence-electron chi connectivity index (χ1n) is 6.03. The molecule has 2 rings (SSSR count). The van der Waals surface area contributed by atoms with E-state index in [1.165, 1.54) is 18.2 Å². The summed E-state index contributed by atoms with van der Waals surface area (Å²) in [4.78, 5) is 13.3. The lowest BCUT2D eigenvalue weighted by molar-refractivity contribution is 0.100. The molecule has 98 valence electrons. The van der Waals surface area contributed by atoms with Crippen molar-refractivity contribution in [2.75, 3.05) is 18.9 Å². The molecule has 0 saturated carbocycles. The first kappa shape index (κ1) is 12.8. The van der Waals surface area contributed by atoms with E-state index in [1.807, 2.05) is 7.05 Å². The molecule has 4 nitrogen and oxygen atoms in total. The van der Waals surface area contributed by atoms with Crippen molar-refractivity contribution in [3.63, 3.8) is 0 Å². The SMILES string of the molecule is CC1CC(Nc2cc(C(N)=O)ccc2F)CN1C. The Kier molecular flexibility index (Phi) is 3.52. The molecule has 0 spiro atoms. The molecule has 0 aromatic heterocycles. The zero-order valence-corrected chi connectivity index (χ0v) is 10.6. The standard InChI is InChI=1S/C13H18FN3O/c1-8-5-10(7-17(8)2)16-12-6-9(13(15)18)3-4-11(12)14/h3-4,6,8,10,16H,5,7H2,1-2H3,(H2,15,18). The first-order chi connectivity index (χ1) is 8.47. The van der Waals surface area contributed by atoms with E-state index in [9.17, 15) is 9.18 Å². The number of likely N-dealkylation sites (tertiary alicyclic amines) is 1. The molecule has 0 aliphatic carbocycles. The van der Waals surface area contributed by atoms with Crippen LogP contribution in [0.25, 0.3) is 0 Å². The zero-order chi connectivity index (χ0) is 13.3. The number of nitrogens with zero attached hydrogens (tertiary/aromatic N) is 1. The minimum absolute atomic E-state index is 0.197. The molecule has 2 atom stereocenters. The van der Waals surface area contributed by atoms with Crippen LogP contribution in [-0.4, -0.2) is 36.5 Å². The Labute approximate surface area is 106 Å². The van der Waals surface area contributed by atoms with Gasteiger partial charge in [-0.2, -0.15) is 0 Å². The molecule has 1 saturated heterocycles. The maximum Gasteiger partial charge on any atom is 0.248 e. The fourth-order valence-corrected chi connectivity index (χ4v) is 2.31. The van der Waals surface area contributed by atoms with E-state index in [0.717, 1.165) is 13.0 Å². The molecule has 1 fully saturated rings. The number of likely N-dealkylation sites (N-methyl/N-ethyl adjacent to an activating group) is 1. The number of nitrogens with one attached hydrogen (secondary N) is 1. The maximum absolute atomic E-state index is 13.7. The summed E-state index contributed by atoms with van der Waals surface area (Å²) in [5.74, 6) is -0.905. The quantitative estimate of drug-likeness (QED) is 0.854. The summed E-state index contributed by atoms with van der Waals surface area (Å²) in [6.07, 6.45) is 0.955. The van der Waals surface area contributed by atoms with Gasteiger partial charge in [-0.25, -0.2) is 4.39 Å². The number of halogens is 1. The smallest absolute Gasteiger partial charge is 0.248 e. The van der Waals surface area contributed by atoms with E-state index in [0.29, 0.717) is 17.3 Å². The molecule has 1 aliphatic heterocycles. The Hall–Kier alpha value is -1.62. The molecule has 1 aromatic rings. The highest BCUT2D eigenvalue weighted by Gasteiger charge is 2.26. The summed E-state index contributed by atoms with van der Waals surface area (Å²) in [7, 11) is 2.04. The van der Waals surface area contributed by atoms with Crippen molar-refractivity contribution in [1.82, 2.24) is 4.90 Å². The lowest BCUT2D eigenvalue weighted by atomic mass is 10.1. The van der Waals surface area contributed by atoms with Gasteiger partial charge in [0.2, 0.25) is 5.91 Å². The number of anilines is 1. The van der Waals surface area contributed by atoms with Crippen molar-refractivity contribution in [3.8, 4) is 0 Å². The summed E-state index contributed by atoms with van der Waals surface area (Å²) >= 11 is 0. The van der Waals surface area contributed by atoms with Gasteiger partial charge >= 0.3 is 0 Å². The third kappa shape index (κ3) is 2.61. The fraction of sp³-hybridized carbons (Fsp3) is 0.462. The third-order valence-electron chi connectivity index (χ3n) is 3.50. The first-order valence-corrected chi connectivity index (χ1v) is 6.03. The number of hydrogen-bond donors (Lipinski definition) is 2. The minimum atomic E-state index is -0.546. The second-order valence-corrected chi connectivity index (χ2v) is 4.92. The van der Waals surface area contributed by atoms with Gasteiger partial charge < -0.3 is 16.0 Å². The summed E-state index contributed by atoms with van der Waals surface area (Å²) in [6, 6.07) is 4.81. The van der Waals surface area contributed by atoms with E-state index in [1.54, 1.807) is 0 Å². The van der Waals surface area contributed by atoms with E-state index in [-0.39, 0.29) is 11.9 Å². The van der Waals surface area contributed by atoms with Gasteiger partial charge in [-0.05, 0) is 38.6 Å². The van der Waals surface area contributed by atoms with Gasteiger partial charge in [-0.15, -0.1) is 0 Å². The van der Waals surface area contributed by atoms with Crippen LogP contribution < -0.4 is 11.1 Å². The third-order valence-corrected chi connectivity index (χ3v) is 3.50. The summed E-state index contributed by atoms with van der Waals surface area (Å²) in [5.41, 5.74) is 5.85. The highest BCUT2D eigenvalue weighted by Crippen LogP contribution is 2.22. The monoisotopic (exact) mass is 251 g/mol. The lowest BCUT2D eigenvalue weighted by Crippen LogP contribution is -2.25. The van der Waals surface area contributed by atoms with Crippen LogP contribution in [0.4, 0.5) is 10.1 Å². The zero-order valence-electron chi connectivity index (χ0n) is 10.6. The Morgan fingerprint density at radius 3 is 2.83 bits per heavy atom. The Morgan fingerprint density at radius 2 is 2.28 bits per heavy atom. The molecule has 1 aromatic carbocycles. The number of carbonyl (C=O) groups excluding carboxylic acids is 1. The van der Waals surface area contributed by atoms with Crippen molar-refractivity contribution >= 4 is 11.6 Å². The number of primary amides is 1. The summed E-state index contributed by atoms with van der Waals surface area (Å²) in [6.45, 7) is 3.00. The van der Waals surface area contributed by atoms with Crippen LogP contribution in [0.1, 0.15) is 23.7 Å². The normalized spacial score (nSPS) is 24.2. The van der Waals surface area contributed by atoms with Gasteiger partial charge in [0.25, 0.3) is 0 Å². The molecule has 0 bridgehead atoms. The predicted octanol–water partition coefficient (Wildman–Crippen LogP) is 1.43. The molecule has 1 amide bonds. The van der Waals surface area contributed by atoms with Gasteiger partial charge in [0, 0.05) is 24.2 Å². The van der Waals surface area contributed by atoms with Crippen molar-refractivity contribution < 1.29 is 9.18 Å². The topological polar surface area (TPSA) is 58.4 Å². The Balaban J connectivity index is 2.14. The molecular weight excluding hydrogens is 233 g/mol. The number of rotatable bonds is 3. The molecule has 3 N–H and O–H groups in total. The number of benzene rings is 1. The van der Waals surface area contributed by atoms with Crippen LogP contribution in [0.2, 0.25) is 0 Å². The molecule has 18 heavy (non-hydrogen) atoms. The van der Waals surface area contributed by atoms with Gasteiger partial charge in [0.1, 0.15) is 5.82 Å². The molecular formula is C13H18FN3O. The second kappa shape index (κ2) is 4.94. The van der Waals surface area contributed by atoms with Crippen LogP contribution in [-0.2, 0) is 0 Å². The van der Waals surface area contributed by atoms with Gasteiger partial charge in [-0.1, -0.05) is 0 Å². The number of hydrogen-bond acceptors (Lipinski definition) is 3. The van der Waals surface area contributed by atoms with Gasteiger partial charge in [0.05, 0.1) is 5.69 Å². The molecule has 1 aliphatic rings. The van der Waals surface area contributed by atoms with Crippen molar-refractivity contribution in [2.45, 2.75) is 25.4 Å². The number of nitrogens with two attached hydrogens (primary N) is 1. The Morgan fingerprint density at radius 1 is 1.56 bits per heavy atom. The molecule has 2 unspecified atom stereocenters. The molecule has 1 heterocycles. The Bertz CT molecular complexity index is 454. The van der Waals surface area contributed by atoms with Crippen molar-refractivity contribution in [2.24, 2.45) is 5.73 Å². The summed E-state index contributed by atoms with van der Waals surface area (Å²) in [5, 5.41) is 3.14. The highest BCUT2D eigenvalue weighted by molar-refractivity contribution is 5.93. The van der Waals surface area contributed by atoms with Gasteiger partial charge in [-0.3, -0.25) is 4.79 Å². The van der Waals surface area contributed by atoms with Crippen LogP contribution in [0.15, 0.2) is 18.2 Å². The van der Waals surface area contributed by atoms with Crippen LogP contribution in [0.5, 0.6) is 0 Å². The fourth-order valence-electron chi connectivity index (χ4n) is 2.31. The van der Waals surface area contributed by atoms with Crippen LogP contribution in [0, 0.1) is 5.82 Å². The number of carbonyl (C=O) groups is 1. The maximum atomic E-state index is 13.7. The number of amides is 1. The van der Waals surface area contributed by atoms with Crippen molar-refractivity contribution in [3.05, 3.63) is 29.6 Å². The van der Waals surface area contributed by atoms with E-state index >= 15 is 0 Å². The summed E-state index contributed by atoms with van der Waals surface area (Å²) < 4.78 is 13.7. The van der Waals surface area contributed by atoms with Crippen molar-refractivity contribution in [1.29, 1.82) is 0 Å². The second-order valence-electron chi connectivity index (χ2n) is 4.92. The van der Waals surface area contributed by atoms with Crippen LogP contribution >= 0.6 is 0 Å². The van der Waals surface area contributed by atoms with Crippen LogP contribution in [0.3, 0.4) is 0 Å². The highest BCUT2D eigenvalue weighted by atomic mass is 19.1. The minimum Gasteiger partial charge on any atom is -0.379 e. The van der Waals surface area contributed by atoms with E-state index in [4.69, 9.17) is 5.73 Å². The van der Waals surface area contributed by atoms with Gasteiger partial charge in [0.15, 0.2) is 0 Å². The molecule has 5 heteroatoms. The molecule has 0 radical (unpaired) electrons. The predicted molar refractivity (Wildman–Crippen MR) is 69.0 cm³/mol. The lowest BCUT2D eigenvalue weighted by Gasteiger charge is -2.15. The average molecular weight is 251 g/mol. The average Bonchev–Trinajstić information content (AvgIpc) is 2.61. The van der Waals surface area contributed by atoms with E-state index < -0.39 is 5.91 Å². The largest absolute Gasteiger partial charge is 0.379 e. The van der Waals surface area contributed by atoms with E-state index in [2.05, 4.69) is 17.1 Å².